The predicted octanol–water partition coefficient (Wildman–Crippen LogP) is 0.140. The zero-order valence-corrected chi connectivity index (χ0v) is 4.88. The van der Waals surface area contributed by atoms with Gasteiger partial charge in [-0.15, -0.1) is 0 Å². The minimum Gasteiger partial charge on any atom is -0.396 e. The van der Waals surface area contributed by atoms with Crippen LogP contribution in [0.1, 0.15) is 19.3 Å². The second kappa shape index (κ2) is 2.46. The van der Waals surface area contributed by atoms with E-state index in [0.29, 0.717) is 0 Å². The average Bonchev–Trinajstić information content (AvgIpc) is 2.14. The monoisotopic (exact) mass is 116 g/mol. The van der Waals surface area contributed by atoms with Crippen LogP contribution in [0.5, 0.6) is 0 Å². The van der Waals surface area contributed by atoms with Gasteiger partial charge in [-0.3, -0.25) is 0 Å². The highest BCUT2D eigenvalue weighted by Gasteiger charge is 2.23. The molecule has 2 N–H and O–H groups in total. The fourth-order valence-corrected chi connectivity index (χ4v) is 1.23. The van der Waals surface area contributed by atoms with Crippen molar-refractivity contribution in [3.05, 3.63) is 0 Å². The lowest BCUT2D eigenvalue weighted by Gasteiger charge is -2.08. The molecule has 2 nitrogen and oxygen atoms in total. The quantitative estimate of drug-likeness (QED) is 0.511. The first-order valence-corrected chi connectivity index (χ1v) is 3.13. The Morgan fingerprint density at radius 3 is 2.38 bits per heavy atom. The van der Waals surface area contributed by atoms with Crippen molar-refractivity contribution in [3.8, 4) is 0 Å². The SMILES string of the molecule is OCC1CCC[C@H]1O. The lowest BCUT2D eigenvalue weighted by molar-refractivity contribution is 0.0909. The van der Waals surface area contributed by atoms with E-state index < -0.39 is 0 Å². The third kappa shape index (κ3) is 1.01. The van der Waals surface area contributed by atoms with Crippen LogP contribution in [0.3, 0.4) is 0 Å². The van der Waals surface area contributed by atoms with Crippen molar-refractivity contribution in [1.82, 2.24) is 0 Å². The largest absolute Gasteiger partial charge is 0.396 e. The molecular formula is C6H12O2. The molecular weight excluding hydrogens is 104 g/mol. The van der Waals surface area contributed by atoms with Gasteiger partial charge in [-0.05, 0) is 12.8 Å². The Balaban J connectivity index is 2.30. The molecule has 8 heavy (non-hydrogen) atoms. The number of hydrogen-bond donors (Lipinski definition) is 2. The average molecular weight is 116 g/mol. The van der Waals surface area contributed by atoms with Gasteiger partial charge in [-0.1, -0.05) is 6.42 Å². The summed E-state index contributed by atoms with van der Waals surface area (Å²) in [6.45, 7) is 0.154. The summed E-state index contributed by atoms with van der Waals surface area (Å²) in [5.41, 5.74) is 0. The molecule has 0 aromatic rings. The molecule has 1 rings (SSSR count). The molecule has 0 aromatic heterocycles. The minimum atomic E-state index is -0.222. The first-order chi connectivity index (χ1) is 3.84. The van der Waals surface area contributed by atoms with E-state index in [0.717, 1.165) is 19.3 Å². The van der Waals surface area contributed by atoms with Crippen LogP contribution >= 0.6 is 0 Å². The number of hydrogen-bond acceptors (Lipinski definition) is 2. The summed E-state index contributed by atoms with van der Waals surface area (Å²) in [4.78, 5) is 0. The number of aliphatic hydroxyl groups excluding tert-OH is 2. The summed E-state index contributed by atoms with van der Waals surface area (Å²) in [7, 11) is 0. The first-order valence-electron chi connectivity index (χ1n) is 3.13. The van der Waals surface area contributed by atoms with Crippen molar-refractivity contribution in [2.24, 2.45) is 5.92 Å². The second-order valence-electron chi connectivity index (χ2n) is 2.44. The third-order valence-electron chi connectivity index (χ3n) is 1.85. The zero-order valence-electron chi connectivity index (χ0n) is 4.88. The van der Waals surface area contributed by atoms with Crippen LogP contribution in [0, 0.1) is 5.92 Å². The van der Waals surface area contributed by atoms with Crippen molar-refractivity contribution < 1.29 is 10.2 Å². The lowest BCUT2D eigenvalue weighted by Crippen LogP contribution is -2.16. The Morgan fingerprint density at radius 2 is 2.12 bits per heavy atom. The normalized spacial score (nSPS) is 38.2. The molecule has 48 valence electrons. The van der Waals surface area contributed by atoms with E-state index in [1.54, 1.807) is 0 Å². The molecule has 0 aromatic carbocycles. The number of rotatable bonds is 1. The van der Waals surface area contributed by atoms with Gasteiger partial charge in [0.25, 0.3) is 0 Å². The zero-order chi connectivity index (χ0) is 5.98. The molecule has 1 unspecified atom stereocenters. The van der Waals surface area contributed by atoms with E-state index in [1.165, 1.54) is 0 Å². The molecule has 0 saturated heterocycles. The molecule has 0 aliphatic heterocycles. The van der Waals surface area contributed by atoms with Gasteiger partial charge in [0.2, 0.25) is 0 Å². The Labute approximate surface area is 49.1 Å². The summed E-state index contributed by atoms with van der Waals surface area (Å²) in [5.74, 6) is 0.176. The van der Waals surface area contributed by atoms with Gasteiger partial charge in [-0.25, -0.2) is 0 Å². The standard InChI is InChI=1S/C6H12O2/c7-4-5-2-1-3-6(5)8/h5-8H,1-4H2/t5?,6-/m1/s1. The number of aliphatic hydroxyl groups is 2. The summed E-state index contributed by atoms with van der Waals surface area (Å²) < 4.78 is 0. The fourth-order valence-electron chi connectivity index (χ4n) is 1.23. The van der Waals surface area contributed by atoms with Gasteiger partial charge >= 0.3 is 0 Å². The molecule has 0 spiro atoms. The van der Waals surface area contributed by atoms with Gasteiger partial charge in [0.1, 0.15) is 0 Å². The highest BCUT2D eigenvalue weighted by atomic mass is 16.3. The molecule has 1 aliphatic carbocycles. The summed E-state index contributed by atoms with van der Waals surface area (Å²) in [5, 5.41) is 17.6. The van der Waals surface area contributed by atoms with Crippen LogP contribution in [0.4, 0.5) is 0 Å². The maximum absolute atomic E-state index is 9.03. The molecule has 2 atom stereocenters. The minimum absolute atomic E-state index is 0.154. The Morgan fingerprint density at radius 1 is 1.38 bits per heavy atom. The maximum Gasteiger partial charge on any atom is 0.0590 e. The van der Waals surface area contributed by atoms with E-state index in [1.807, 2.05) is 0 Å². The molecule has 0 heterocycles. The fraction of sp³-hybridized carbons (Fsp3) is 1.00. The molecule has 1 fully saturated rings. The van der Waals surface area contributed by atoms with Gasteiger partial charge in [0.05, 0.1) is 6.10 Å². The van der Waals surface area contributed by atoms with E-state index in [2.05, 4.69) is 0 Å². The highest BCUT2D eigenvalue weighted by Crippen LogP contribution is 2.24. The highest BCUT2D eigenvalue weighted by molar-refractivity contribution is 4.74. The van der Waals surface area contributed by atoms with E-state index in [-0.39, 0.29) is 18.6 Å². The summed E-state index contributed by atoms with van der Waals surface area (Å²) in [6.07, 6.45) is 2.73. The van der Waals surface area contributed by atoms with Gasteiger partial charge < -0.3 is 10.2 Å². The van der Waals surface area contributed by atoms with Crippen LogP contribution in [0.2, 0.25) is 0 Å². The lowest BCUT2D eigenvalue weighted by atomic mass is 10.1. The predicted molar refractivity (Wildman–Crippen MR) is 30.4 cm³/mol. The molecule has 0 bridgehead atoms. The molecule has 1 saturated carbocycles. The van der Waals surface area contributed by atoms with Crippen LogP contribution in [0.15, 0.2) is 0 Å². The van der Waals surface area contributed by atoms with Gasteiger partial charge in [0.15, 0.2) is 0 Å². The Kier molecular flexibility index (Phi) is 1.86. The van der Waals surface area contributed by atoms with Crippen molar-refractivity contribution >= 4 is 0 Å². The van der Waals surface area contributed by atoms with Crippen molar-refractivity contribution in [1.29, 1.82) is 0 Å². The van der Waals surface area contributed by atoms with Crippen molar-refractivity contribution in [2.75, 3.05) is 6.61 Å². The van der Waals surface area contributed by atoms with E-state index in [4.69, 9.17) is 10.2 Å². The smallest absolute Gasteiger partial charge is 0.0590 e. The van der Waals surface area contributed by atoms with Crippen LogP contribution < -0.4 is 0 Å². The molecule has 0 radical (unpaired) electrons. The van der Waals surface area contributed by atoms with Gasteiger partial charge in [-0.2, -0.15) is 0 Å². The van der Waals surface area contributed by atoms with Crippen LogP contribution in [0.25, 0.3) is 0 Å². The van der Waals surface area contributed by atoms with E-state index >= 15 is 0 Å². The molecule has 1 aliphatic rings. The van der Waals surface area contributed by atoms with E-state index in [9.17, 15) is 0 Å². The maximum atomic E-state index is 9.03. The van der Waals surface area contributed by atoms with Crippen LogP contribution in [-0.2, 0) is 0 Å². The molecule has 2 heteroatoms. The van der Waals surface area contributed by atoms with Gasteiger partial charge in [0, 0.05) is 12.5 Å². The van der Waals surface area contributed by atoms with Crippen molar-refractivity contribution in [3.63, 3.8) is 0 Å². The van der Waals surface area contributed by atoms with Crippen LogP contribution in [-0.4, -0.2) is 22.9 Å². The van der Waals surface area contributed by atoms with Crippen molar-refractivity contribution in [2.45, 2.75) is 25.4 Å². The third-order valence-corrected chi connectivity index (χ3v) is 1.85. The Hall–Kier alpha value is -0.0800. The second-order valence-corrected chi connectivity index (χ2v) is 2.44. The summed E-state index contributed by atoms with van der Waals surface area (Å²) in [6, 6.07) is 0. The Bertz CT molecular complexity index is 72.9. The molecule has 0 amide bonds. The first kappa shape index (κ1) is 6.05. The topological polar surface area (TPSA) is 40.5 Å². The summed E-state index contributed by atoms with van der Waals surface area (Å²) >= 11 is 0.